The van der Waals surface area contributed by atoms with Crippen molar-refractivity contribution in [1.29, 1.82) is 0 Å². The third kappa shape index (κ3) is 4.94. The van der Waals surface area contributed by atoms with Gasteiger partial charge in [-0.25, -0.2) is 0 Å². The summed E-state index contributed by atoms with van der Waals surface area (Å²) in [5, 5.41) is 5.47. The fourth-order valence-electron chi connectivity index (χ4n) is 1.42. The standard InChI is InChI=1S/C14H19BrN2O3/c1-14(2,15)13(19)17-11-7-5-4-6-10(11)12(18)16-8-9-20-3/h4-7H,8-9H2,1-3H3,(H,16,18)(H,17,19). The van der Waals surface area contributed by atoms with Crippen LogP contribution >= 0.6 is 15.9 Å². The number of para-hydroxylation sites is 1. The Morgan fingerprint density at radius 1 is 1.30 bits per heavy atom. The normalized spacial score (nSPS) is 11.0. The van der Waals surface area contributed by atoms with Gasteiger partial charge in [0.2, 0.25) is 5.91 Å². The van der Waals surface area contributed by atoms with E-state index in [-0.39, 0.29) is 11.8 Å². The number of hydrogen-bond acceptors (Lipinski definition) is 3. The highest BCUT2D eigenvalue weighted by atomic mass is 79.9. The highest BCUT2D eigenvalue weighted by molar-refractivity contribution is 9.10. The van der Waals surface area contributed by atoms with E-state index in [4.69, 9.17) is 4.74 Å². The van der Waals surface area contributed by atoms with E-state index >= 15 is 0 Å². The van der Waals surface area contributed by atoms with Crippen LogP contribution in [0, 0.1) is 0 Å². The van der Waals surface area contributed by atoms with Crippen LogP contribution in [0.3, 0.4) is 0 Å². The molecule has 0 aliphatic heterocycles. The van der Waals surface area contributed by atoms with Gasteiger partial charge in [-0.15, -0.1) is 0 Å². The molecular formula is C14H19BrN2O3. The Bertz CT molecular complexity index is 484. The summed E-state index contributed by atoms with van der Waals surface area (Å²) in [6.07, 6.45) is 0. The van der Waals surface area contributed by atoms with E-state index < -0.39 is 4.32 Å². The van der Waals surface area contributed by atoms with Gasteiger partial charge in [0.15, 0.2) is 0 Å². The third-order valence-corrected chi connectivity index (χ3v) is 2.91. The van der Waals surface area contributed by atoms with Crippen LogP contribution in [0.2, 0.25) is 0 Å². The van der Waals surface area contributed by atoms with Crippen LogP contribution in [-0.2, 0) is 9.53 Å². The summed E-state index contributed by atoms with van der Waals surface area (Å²) in [7, 11) is 1.57. The smallest absolute Gasteiger partial charge is 0.253 e. The van der Waals surface area contributed by atoms with Crippen LogP contribution in [0.4, 0.5) is 5.69 Å². The highest BCUT2D eigenvalue weighted by Crippen LogP contribution is 2.21. The highest BCUT2D eigenvalue weighted by Gasteiger charge is 2.24. The molecule has 0 fully saturated rings. The molecule has 20 heavy (non-hydrogen) atoms. The van der Waals surface area contributed by atoms with Gasteiger partial charge >= 0.3 is 0 Å². The van der Waals surface area contributed by atoms with Crippen LogP contribution in [0.25, 0.3) is 0 Å². The van der Waals surface area contributed by atoms with E-state index in [0.717, 1.165) is 0 Å². The molecule has 2 N–H and O–H groups in total. The molecule has 0 saturated carbocycles. The molecular weight excluding hydrogens is 324 g/mol. The summed E-state index contributed by atoms with van der Waals surface area (Å²) in [5.41, 5.74) is 0.911. The average molecular weight is 343 g/mol. The number of hydrogen-bond donors (Lipinski definition) is 2. The van der Waals surface area contributed by atoms with Crippen molar-refractivity contribution in [3.05, 3.63) is 29.8 Å². The Hall–Kier alpha value is -1.40. The zero-order chi connectivity index (χ0) is 15.2. The van der Waals surface area contributed by atoms with Crippen molar-refractivity contribution >= 4 is 33.4 Å². The Labute approximate surface area is 127 Å². The largest absolute Gasteiger partial charge is 0.383 e. The minimum atomic E-state index is -0.702. The number of amides is 2. The molecule has 0 spiro atoms. The van der Waals surface area contributed by atoms with Crippen LogP contribution in [0.15, 0.2) is 24.3 Å². The van der Waals surface area contributed by atoms with Gasteiger partial charge in [0.05, 0.1) is 22.2 Å². The molecule has 110 valence electrons. The maximum absolute atomic E-state index is 12.0. The Morgan fingerprint density at radius 2 is 1.95 bits per heavy atom. The molecule has 0 aliphatic rings. The molecule has 0 radical (unpaired) electrons. The fourth-order valence-corrected chi connectivity index (χ4v) is 1.52. The van der Waals surface area contributed by atoms with Crippen molar-refractivity contribution in [3.63, 3.8) is 0 Å². The molecule has 0 heterocycles. The van der Waals surface area contributed by atoms with Crippen molar-refractivity contribution in [2.45, 2.75) is 18.2 Å². The predicted octanol–water partition coefficient (Wildman–Crippen LogP) is 2.17. The maximum Gasteiger partial charge on any atom is 0.253 e. The van der Waals surface area contributed by atoms with Gasteiger partial charge in [0.25, 0.3) is 5.91 Å². The van der Waals surface area contributed by atoms with E-state index in [0.29, 0.717) is 24.4 Å². The Balaban J connectivity index is 2.83. The van der Waals surface area contributed by atoms with Gasteiger partial charge in [-0.3, -0.25) is 9.59 Å². The molecule has 1 rings (SSSR count). The van der Waals surface area contributed by atoms with Crippen LogP contribution in [0.5, 0.6) is 0 Å². The van der Waals surface area contributed by atoms with E-state index in [1.54, 1.807) is 45.2 Å². The second kappa shape index (κ2) is 7.40. The quantitative estimate of drug-likeness (QED) is 0.615. The lowest BCUT2D eigenvalue weighted by Crippen LogP contribution is -2.33. The molecule has 6 heteroatoms. The van der Waals surface area contributed by atoms with Crippen LogP contribution < -0.4 is 10.6 Å². The first-order valence-electron chi connectivity index (χ1n) is 6.23. The zero-order valence-electron chi connectivity index (χ0n) is 11.8. The number of rotatable bonds is 6. The number of carbonyl (C=O) groups is 2. The number of anilines is 1. The summed E-state index contributed by atoms with van der Waals surface area (Å²) in [6.45, 7) is 4.34. The minimum Gasteiger partial charge on any atom is -0.383 e. The van der Waals surface area contributed by atoms with E-state index in [9.17, 15) is 9.59 Å². The van der Waals surface area contributed by atoms with E-state index in [1.165, 1.54) is 0 Å². The summed E-state index contributed by atoms with van der Waals surface area (Å²) in [4.78, 5) is 24.0. The zero-order valence-corrected chi connectivity index (χ0v) is 13.4. The Morgan fingerprint density at radius 3 is 2.55 bits per heavy atom. The molecule has 0 unspecified atom stereocenters. The SMILES string of the molecule is COCCNC(=O)c1ccccc1NC(=O)C(C)(C)Br. The lowest BCUT2D eigenvalue weighted by Gasteiger charge is -2.17. The van der Waals surface area contributed by atoms with Gasteiger partial charge in [-0.05, 0) is 26.0 Å². The van der Waals surface area contributed by atoms with Gasteiger partial charge in [-0.1, -0.05) is 28.1 Å². The summed E-state index contributed by atoms with van der Waals surface area (Å²) >= 11 is 3.29. The second-order valence-electron chi connectivity index (χ2n) is 4.72. The van der Waals surface area contributed by atoms with Crippen LogP contribution in [0.1, 0.15) is 24.2 Å². The van der Waals surface area contributed by atoms with E-state index in [2.05, 4.69) is 26.6 Å². The molecule has 0 aromatic heterocycles. The molecule has 1 aromatic rings. The van der Waals surface area contributed by atoms with Crippen molar-refractivity contribution in [2.75, 3.05) is 25.6 Å². The molecule has 0 aliphatic carbocycles. The monoisotopic (exact) mass is 342 g/mol. The van der Waals surface area contributed by atoms with Crippen LogP contribution in [-0.4, -0.2) is 36.4 Å². The molecule has 0 saturated heterocycles. The van der Waals surface area contributed by atoms with Gasteiger partial charge in [0, 0.05) is 13.7 Å². The number of halogens is 1. The first kappa shape index (κ1) is 16.7. The van der Waals surface area contributed by atoms with E-state index in [1.807, 2.05) is 0 Å². The minimum absolute atomic E-state index is 0.213. The first-order valence-corrected chi connectivity index (χ1v) is 7.02. The lowest BCUT2D eigenvalue weighted by atomic mass is 10.1. The van der Waals surface area contributed by atoms with Crippen molar-refractivity contribution in [3.8, 4) is 0 Å². The maximum atomic E-state index is 12.0. The number of methoxy groups -OCH3 is 1. The summed E-state index contributed by atoms with van der Waals surface area (Å²) in [5.74, 6) is -0.458. The van der Waals surface area contributed by atoms with Gasteiger partial charge in [-0.2, -0.15) is 0 Å². The number of alkyl halides is 1. The predicted molar refractivity (Wildman–Crippen MR) is 82.3 cm³/mol. The third-order valence-electron chi connectivity index (χ3n) is 2.55. The molecule has 0 atom stereocenters. The summed E-state index contributed by atoms with van der Waals surface area (Å²) in [6, 6.07) is 6.88. The van der Waals surface area contributed by atoms with Crippen molar-refractivity contribution < 1.29 is 14.3 Å². The van der Waals surface area contributed by atoms with Crippen molar-refractivity contribution in [1.82, 2.24) is 5.32 Å². The first-order chi connectivity index (χ1) is 9.36. The fraction of sp³-hybridized carbons (Fsp3) is 0.429. The molecule has 1 aromatic carbocycles. The van der Waals surface area contributed by atoms with Gasteiger partial charge < -0.3 is 15.4 Å². The number of nitrogens with one attached hydrogen (secondary N) is 2. The number of carbonyl (C=O) groups excluding carboxylic acids is 2. The topological polar surface area (TPSA) is 67.4 Å². The summed E-state index contributed by atoms with van der Waals surface area (Å²) < 4.78 is 4.18. The second-order valence-corrected chi connectivity index (χ2v) is 6.70. The molecule has 5 nitrogen and oxygen atoms in total. The average Bonchev–Trinajstić information content (AvgIpc) is 2.38. The van der Waals surface area contributed by atoms with Gasteiger partial charge in [0.1, 0.15) is 0 Å². The Kier molecular flexibility index (Phi) is 6.16. The molecule has 2 amide bonds. The lowest BCUT2D eigenvalue weighted by molar-refractivity contribution is -0.117. The number of benzene rings is 1. The number of ether oxygens (including phenoxy) is 1. The van der Waals surface area contributed by atoms with Crippen molar-refractivity contribution in [2.24, 2.45) is 0 Å². The molecule has 0 bridgehead atoms.